The van der Waals surface area contributed by atoms with Crippen molar-refractivity contribution in [2.24, 2.45) is 0 Å². The monoisotopic (exact) mass is 393 g/mol. The van der Waals surface area contributed by atoms with Crippen molar-refractivity contribution in [1.29, 1.82) is 5.26 Å². The third kappa shape index (κ3) is 6.10. The van der Waals surface area contributed by atoms with Gasteiger partial charge in [-0.05, 0) is 37.8 Å². The molecule has 0 bridgehead atoms. The predicted octanol–water partition coefficient (Wildman–Crippen LogP) is 5.63. The second kappa shape index (κ2) is 11.0. The van der Waals surface area contributed by atoms with Gasteiger partial charge in [0.1, 0.15) is 11.6 Å². The number of rotatable bonds is 3. The normalized spacial score (nSPS) is 22.1. The SMILES string of the molecule is CC1Cc2ccccc2N1/C=C(/C#N)C(=O)NC1CCCCCCCCCCC1. The zero-order valence-corrected chi connectivity index (χ0v) is 17.8. The molecule has 1 aromatic rings. The number of hydrogen-bond donors (Lipinski definition) is 1. The zero-order chi connectivity index (χ0) is 20.5. The number of anilines is 1. The number of fused-ring (bicyclic) bond motifs is 1. The minimum Gasteiger partial charge on any atom is -0.349 e. The second-order valence-corrected chi connectivity index (χ2v) is 8.67. The van der Waals surface area contributed by atoms with Crippen molar-refractivity contribution in [2.75, 3.05) is 4.90 Å². The maximum Gasteiger partial charge on any atom is 0.263 e. The Balaban J connectivity index is 1.65. The van der Waals surface area contributed by atoms with Gasteiger partial charge >= 0.3 is 0 Å². The molecule has 1 heterocycles. The molecule has 4 heteroatoms. The van der Waals surface area contributed by atoms with Crippen LogP contribution in [0, 0.1) is 11.3 Å². The van der Waals surface area contributed by atoms with E-state index in [2.05, 4.69) is 35.3 Å². The average molecular weight is 394 g/mol. The van der Waals surface area contributed by atoms with Gasteiger partial charge in [0, 0.05) is 24.0 Å². The Morgan fingerprint density at radius 2 is 1.62 bits per heavy atom. The summed E-state index contributed by atoms with van der Waals surface area (Å²) in [5.41, 5.74) is 2.58. The largest absolute Gasteiger partial charge is 0.349 e. The summed E-state index contributed by atoms with van der Waals surface area (Å²) in [7, 11) is 0. The summed E-state index contributed by atoms with van der Waals surface area (Å²) in [6, 6.07) is 10.8. The number of benzene rings is 1. The van der Waals surface area contributed by atoms with Crippen LogP contribution in [0.5, 0.6) is 0 Å². The first kappa shape index (κ1) is 21.4. The molecule has 156 valence electrons. The fourth-order valence-electron chi connectivity index (χ4n) is 4.63. The van der Waals surface area contributed by atoms with Crippen molar-refractivity contribution in [3.05, 3.63) is 41.6 Å². The van der Waals surface area contributed by atoms with Crippen molar-refractivity contribution in [1.82, 2.24) is 5.32 Å². The number of carbonyl (C=O) groups excluding carboxylic acids is 1. The molecule has 3 rings (SSSR count). The summed E-state index contributed by atoms with van der Waals surface area (Å²) < 4.78 is 0. The molecular weight excluding hydrogens is 358 g/mol. The first-order chi connectivity index (χ1) is 14.2. The molecule has 0 spiro atoms. The van der Waals surface area contributed by atoms with E-state index in [1.165, 1.54) is 50.5 Å². The molecule has 4 nitrogen and oxygen atoms in total. The van der Waals surface area contributed by atoms with E-state index in [4.69, 9.17) is 0 Å². The van der Waals surface area contributed by atoms with E-state index < -0.39 is 0 Å². The van der Waals surface area contributed by atoms with Gasteiger partial charge in [0.25, 0.3) is 5.91 Å². The van der Waals surface area contributed by atoms with E-state index in [-0.39, 0.29) is 23.6 Å². The molecule has 1 fully saturated rings. The van der Waals surface area contributed by atoms with Crippen molar-refractivity contribution in [2.45, 2.75) is 96.1 Å². The van der Waals surface area contributed by atoms with E-state index in [1.54, 1.807) is 6.20 Å². The number of para-hydroxylation sites is 1. The standard InChI is InChI=1S/C25H35N3O/c1-20-17-21-13-11-12-16-24(21)28(20)19-22(18-26)25(29)27-23-14-9-7-5-3-2-4-6-8-10-15-23/h11-13,16,19-20,23H,2-10,14-15,17H2,1H3,(H,27,29)/b22-19-. The Kier molecular flexibility index (Phi) is 8.16. The lowest BCUT2D eigenvalue weighted by molar-refractivity contribution is -0.117. The van der Waals surface area contributed by atoms with Crippen LogP contribution in [-0.2, 0) is 11.2 Å². The molecule has 2 aliphatic rings. The van der Waals surface area contributed by atoms with Crippen LogP contribution in [0.3, 0.4) is 0 Å². The highest BCUT2D eigenvalue weighted by Crippen LogP contribution is 2.32. The van der Waals surface area contributed by atoms with Gasteiger partial charge in [-0.3, -0.25) is 4.79 Å². The number of nitriles is 1. The van der Waals surface area contributed by atoms with Gasteiger partial charge in [-0.15, -0.1) is 0 Å². The topological polar surface area (TPSA) is 56.1 Å². The summed E-state index contributed by atoms with van der Waals surface area (Å²) in [5, 5.41) is 12.8. The van der Waals surface area contributed by atoms with Crippen LogP contribution in [0.4, 0.5) is 5.69 Å². The summed E-state index contributed by atoms with van der Waals surface area (Å²) in [4.78, 5) is 15.0. The molecule has 1 amide bonds. The van der Waals surface area contributed by atoms with E-state index in [1.807, 2.05) is 12.1 Å². The van der Waals surface area contributed by atoms with Crippen LogP contribution in [0.25, 0.3) is 0 Å². The molecule has 1 aliphatic carbocycles. The molecule has 1 aliphatic heterocycles. The lowest BCUT2D eigenvalue weighted by Gasteiger charge is -2.22. The number of nitrogens with one attached hydrogen (secondary N) is 1. The van der Waals surface area contributed by atoms with E-state index in [9.17, 15) is 10.1 Å². The molecule has 29 heavy (non-hydrogen) atoms. The van der Waals surface area contributed by atoms with Gasteiger partial charge in [-0.2, -0.15) is 5.26 Å². The van der Waals surface area contributed by atoms with E-state index in [0.717, 1.165) is 37.8 Å². The van der Waals surface area contributed by atoms with Crippen molar-refractivity contribution < 1.29 is 4.79 Å². The van der Waals surface area contributed by atoms with Gasteiger partial charge in [-0.25, -0.2) is 0 Å². The molecule has 1 saturated carbocycles. The highest BCUT2D eigenvalue weighted by atomic mass is 16.1. The Hall–Kier alpha value is -2.28. The van der Waals surface area contributed by atoms with Crippen LogP contribution >= 0.6 is 0 Å². The highest BCUT2D eigenvalue weighted by Gasteiger charge is 2.26. The Labute approximate surface area is 176 Å². The molecule has 1 atom stereocenters. The van der Waals surface area contributed by atoms with Gasteiger partial charge in [0.15, 0.2) is 0 Å². The minimum atomic E-state index is -0.221. The van der Waals surface area contributed by atoms with Gasteiger partial charge < -0.3 is 10.2 Å². The minimum absolute atomic E-state index is 0.182. The van der Waals surface area contributed by atoms with Gasteiger partial charge in [0.05, 0.1) is 0 Å². The van der Waals surface area contributed by atoms with E-state index >= 15 is 0 Å². The lowest BCUT2D eigenvalue weighted by Crippen LogP contribution is -2.36. The molecular formula is C25H35N3O. The average Bonchev–Trinajstić information content (AvgIpc) is 3.03. The fourth-order valence-corrected chi connectivity index (χ4v) is 4.63. The summed E-state index contributed by atoms with van der Waals surface area (Å²) in [6.07, 6.45) is 16.2. The number of amides is 1. The fraction of sp³-hybridized carbons (Fsp3) is 0.600. The predicted molar refractivity (Wildman–Crippen MR) is 119 cm³/mol. The molecule has 0 saturated heterocycles. The van der Waals surface area contributed by atoms with Gasteiger partial charge in [-0.1, -0.05) is 76.0 Å². The van der Waals surface area contributed by atoms with Crippen LogP contribution in [0.1, 0.15) is 83.1 Å². The summed E-state index contributed by atoms with van der Waals surface area (Å²) >= 11 is 0. The van der Waals surface area contributed by atoms with Crippen molar-refractivity contribution in [3.63, 3.8) is 0 Å². The molecule has 0 radical (unpaired) electrons. The first-order valence-corrected chi connectivity index (χ1v) is 11.5. The lowest BCUT2D eigenvalue weighted by atomic mass is 9.97. The third-order valence-electron chi connectivity index (χ3n) is 6.33. The first-order valence-electron chi connectivity index (χ1n) is 11.5. The zero-order valence-electron chi connectivity index (χ0n) is 17.8. The molecule has 1 aromatic carbocycles. The number of hydrogen-bond acceptors (Lipinski definition) is 3. The number of nitrogens with zero attached hydrogens (tertiary/aromatic N) is 2. The van der Waals surface area contributed by atoms with Crippen LogP contribution in [0.2, 0.25) is 0 Å². The third-order valence-corrected chi connectivity index (χ3v) is 6.33. The highest BCUT2D eigenvalue weighted by molar-refractivity contribution is 5.98. The van der Waals surface area contributed by atoms with Crippen molar-refractivity contribution in [3.8, 4) is 6.07 Å². The van der Waals surface area contributed by atoms with Crippen LogP contribution in [-0.4, -0.2) is 18.0 Å². The number of carbonyl (C=O) groups is 1. The van der Waals surface area contributed by atoms with Crippen LogP contribution in [0.15, 0.2) is 36.0 Å². The Bertz CT molecular complexity index is 737. The van der Waals surface area contributed by atoms with Gasteiger partial charge in [0.2, 0.25) is 0 Å². The Morgan fingerprint density at radius 3 is 2.24 bits per heavy atom. The quantitative estimate of drug-likeness (QED) is 0.534. The maximum atomic E-state index is 12.9. The summed E-state index contributed by atoms with van der Waals surface area (Å²) in [6.45, 7) is 2.14. The summed E-state index contributed by atoms with van der Waals surface area (Å²) in [5.74, 6) is -0.221. The smallest absolute Gasteiger partial charge is 0.263 e. The molecule has 0 aromatic heterocycles. The van der Waals surface area contributed by atoms with Crippen molar-refractivity contribution >= 4 is 11.6 Å². The Morgan fingerprint density at radius 1 is 1.03 bits per heavy atom. The molecule has 1 unspecified atom stereocenters. The van der Waals surface area contributed by atoms with Crippen LogP contribution < -0.4 is 10.2 Å². The van der Waals surface area contributed by atoms with E-state index in [0.29, 0.717) is 0 Å². The molecule has 1 N–H and O–H groups in total. The maximum absolute atomic E-state index is 12.9. The second-order valence-electron chi connectivity index (χ2n) is 8.67.